The first-order chi connectivity index (χ1) is 8.60. The number of aliphatic carboxylic acids is 1. The molecule has 1 aromatic heterocycles. The SMILES string of the molecule is COc1ncc(Cl)c(N(CC(=O)O)CC2CC2)n1. The molecule has 1 aromatic rings. The highest BCUT2D eigenvalue weighted by molar-refractivity contribution is 6.32. The van der Waals surface area contributed by atoms with E-state index in [1.165, 1.54) is 13.3 Å². The Kier molecular flexibility index (Phi) is 3.86. The minimum absolute atomic E-state index is 0.129. The number of halogens is 1. The molecular formula is C11H14ClN3O3. The number of carboxylic acid groups (broad SMARTS) is 1. The molecule has 18 heavy (non-hydrogen) atoms. The Morgan fingerprint density at radius 3 is 2.94 bits per heavy atom. The van der Waals surface area contributed by atoms with Crippen LogP contribution >= 0.6 is 11.6 Å². The molecule has 0 aromatic carbocycles. The van der Waals surface area contributed by atoms with Crippen LogP contribution in [-0.2, 0) is 4.79 Å². The fraction of sp³-hybridized carbons (Fsp3) is 0.545. The predicted molar refractivity (Wildman–Crippen MR) is 66.2 cm³/mol. The number of rotatable bonds is 6. The summed E-state index contributed by atoms with van der Waals surface area (Å²) in [5, 5.41) is 9.27. The van der Waals surface area contributed by atoms with Crippen molar-refractivity contribution in [2.24, 2.45) is 5.92 Å². The van der Waals surface area contributed by atoms with Crippen LogP contribution in [0.25, 0.3) is 0 Å². The van der Waals surface area contributed by atoms with Crippen LogP contribution in [-0.4, -0.2) is 41.2 Å². The van der Waals surface area contributed by atoms with Crippen LogP contribution < -0.4 is 9.64 Å². The maximum atomic E-state index is 10.9. The van der Waals surface area contributed by atoms with Crippen LogP contribution in [0, 0.1) is 5.92 Å². The minimum atomic E-state index is -0.913. The van der Waals surface area contributed by atoms with Gasteiger partial charge < -0.3 is 14.7 Å². The van der Waals surface area contributed by atoms with E-state index >= 15 is 0 Å². The Bertz CT molecular complexity index is 451. The molecule has 0 saturated heterocycles. The van der Waals surface area contributed by atoms with Crippen molar-refractivity contribution in [3.05, 3.63) is 11.2 Å². The topological polar surface area (TPSA) is 75.5 Å². The number of carboxylic acids is 1. The van der Waals surface area contributed by atoms with Crippen molar-refractivity contribution in [3.63, 3.8) is 0 Å². The zero-order chi connectivity index (χ0) is 13.1. The van der Waals surface area contributed by atoms with Gasteiger partial charge in [-0.25, -0.2) is 4.98 Å². The smallest absolute Gasteiger partial charge is 0.323 e. The summed E-state index contributed by atoms with van der Waals surface area (Å²) in [5.41, 5.74) is 0. The van der Waals surface area contributed by atoms with E-state index in [0.29, 0.717) is 23.3 Å². The molecule has 1 saturated carbocycles. The van der Waals surface area contributed by atoms with Crippen LogP contribution in [0.3, 0.4) is 0 Å². The number of hydrogen-bond donors (Lipinski definition) is 1. The molecule has 1 aliphatic carbocycles. The molecule has 0 spiro atoms. The molecule has 1 aliphatic rings. The Labute approximate surface area is 110 Å². The van der Waals surface area contributed by atoms with Crippen LogP contribution in [0.2, 0.25) is 5.02 Å². The third kappa shape index (κ3) is 3.22. The van der Waals surface area contributed by atoms with Crippen molar-refractivity contribution in [1.29, 1.82) is 0 Å². The van der Waals surface area contributed by atoms with E-state index in [-0.39, 0.29) is 12.6 Å². The third-order valence-electron chi connectivity index (χ3n) is 2.69. The lowest BCUT2D eigenvalue weighted by Gasteiger charge is -2.22. The lowest BCUT2D eigenvalue weighted by atomic mass is 10.3. The number of methoxy groups -OCH3 is 1. The predicted octanol–water partition coefficient (Wildman–Crippen LogP) is 1.44. The molecule has 0 aliphatic heterocycles. The zero-order valence-corrected chi connectivity index (χ0v) is 10.7. The molecule has 0 unspecified atom stereocenters. The summed E-state index contributed by atoms with van der Waals surface area (Å²) in [7, 11) is 1.45. The van der Waals surface area contributed by atoms with Gasteiger partial charge in [0.05, 0.1) is 13.3 Å². The van der Waals surface area contributed by atoms with Crippen molar-refractivity contribution in [2.75, 3.05) is 25.1 Å². The number of aromatic nitrogens is 2. The van der Waals surface area contributed by atoms with E-state index in [2.05, 4.69) is 9.97 Å². The van der Waals surface area contributed by atoms with Crippen LogP contribution in [0.15, 0.2) is 6.20 Å². The van der Waals surface area contributed by atoms with Crippen LogP contribution in [0.5, 0.6) is 6.01 Å². The number of hydrogen-bond acceptors (Lipinski definition) is 5. The van der Waals surface area contributed by atoms with Crippen molar-refractivity contribution in [1.82, 2.24) is 9.97 Å². The first-order valence-electron chi connectivity index (χ1n) is 5.63. The molecule has 1 heterocycles. The molecule has 6 nitrogen and oxygen atoms in total. The van der Waals surface area contributed by atoms with E-state index in [0.717, 1.165) is 12.8 Å². The molecule has 0 atom stereocenters. The highest BCUT2D eigenvalue weighted by atomic mass is 35.5. The lowest BCUT2D eigenvalue weighted by Crippen LogP contribution is -2.32. The van der Waals surface area contributed by atoms with Gasteiger partial charge in [0.1, 0.15) is 11.6 Å². The second kappa shape index (κ2) is 5.39. The molecule has 98 valence electrons. The van der Waals surface area contributed by atoms with Crippen molar-refractivity contribution < 1.29 is 14.6 Å². The fourth-order valence-corrected chi connectivity index (χ4v) is 1.87. The van der Waals surface area contributed by atoms with Gasteiger partial charge in [0.2, 0.25) is 0 Å². The van der Waals surface area contributed by atoms with Gasteiger partial charge in [0.25, 0.3) is 0 Å². The summed E-state index contributed by atoms with van der Waals surface area (Å²) in [6.07, 6.45) is 3.66. The Morgan fingerprint density at radius 1 is 1.67 bits per heavy atom. The third-order valence-corrected chi connectivity index (χ3v) is 2.95. The summed E-state index contributed by atoms with van der Waals surface area (Å²) in [5.74, 6) is 0.0310. The number of carbonyl (C=O) groups is 1. The Morgan fingerprint density at radius 2 is 2.39 bits per heavy atom. The zero-order valence-electron chi connectivity index (χ0n) is 9.97. The van der Waals surface area contributed by atoms with Crippen molar-refractivity contribution >= 4 is 23.4 Å². The van der Waals surface area contributed by atoms with E-state index < -0.39 is 5.97 Å². The average molecular weight is 272 g/mol. The maximum absolute atomic E-state index is 10.9. The van der Waals surface area contributed by atoms with Gasteiger partial charge in [-0.1, -0.05) is 11.6 Å². The van der Waals surface area contributed by atoms with Gasteiger partial charge in [-0.15, -0.1) is 0 Å². The number of nitrogens with zero attached hydrogens (tertiary/aromatic N) is 3. The van der Waals surface area contributed by atoms with Crippen molar-refractivity contribution in [3.8, 4) is 6.01 Å². The normalized spacial score (nSPS) is 14.3. The van der Waals surface area contributed by atoms with Crippen molar-refractivity contribution in [2.45, 2.75) is 12.8 Å². The molecule has 7 heteroatoms. The second-order valence-corrected chi connectivity index (χ2v) is 4.65. The first kappa shape index (κ1) is 12.9. The lowest BCUT2D eigenvalue weighted by molar-refractivity contribution is -0.135. The maximum Gasteiger partial charge on any atom is 0.323 e. The van der Waals surface area contributed by atoms with E-state index in [1.807, 2.05) is 0 Å². The van der Waals surface area contributed by atoms with E-state index in [4.69, 9.17) is 21.4 Å². The minimum Gasteiger partial charge on any atom is -0.480 e. The van der Waals surface area contributed by atoms with E-state index in [1.54, 1.807) is 4.90 Å². The summed E-state index contributed by atoms with van der Waals surface area (Å²) < 4.78 is 4.93. The van der Waals surface area contributed by atoms with Crippen LogP contribution in [0.1, 0.15) is 12.8 Å². The van der Waals surface area contributed by atoms with Gasteiger partial charge in [-0.05, 0) is 18.8 Å². The molecule has 1 N–H and O–H groups in total. The number of ether oxygens (including phenoxy) is 1. The van der Waals surface area contributed by atoms with Gasteiger partial charge in [-0.2, -0.15) is 4.98 Å². The summed E-state index contributed by atoms with van der Waals surface area (Å²) in [6, 6.07) is 0.181. The second-order valence-electron chi connectivity index (χ2n) is 4.25. The number of anilines is 1. The fourth-order valence-electron chi connectivity index (χ4n) is 1.66. The Balaban J connectivity index is 2.23. The standard InChI is InChI=1S/C11H14ClN3O3/c1-18-11-13-4-8(12)10(14-11)15(6-9(16)17)5-7-2-3-7/h4,7H,2-3,5-6H2,1H3,(H,16,17). The molecule has 0 amide bonds. The molecule has 0 bridgehead atoms. The van der Waals surface area contributed by atoms with E-state index in [9.17, 15) is 4.79 Å². The molecular weight excluding hydrogens is 258 g/mol. The summed E-state index contributed by atoms with van der Waals surface area (Å²) >= 11 is 6.02. The van der Waals surface area contributed by atoms with Gasteiger partial charge in [-0.3, -0.25) is 4.79 Å². The average Bonchev–Trinajstić information content (AvgIpc) is 3.12. The van der Waals surface area contributed by atoms with Crippen LogP contribution in [0.4, 0.5) is 5.82 Å². The first-order valence-corrected chi connectivity index (χ1v) is 6.01. The molecule has 0 radical (unpaired) electrons. The Hall–Kier alpha value is -1.56. The molecule has 1 fully saturated rings. The summed E-state index contributed by atoms with van der Waals surface area (Å²) in [6.45, 7) is 0.516. The largest absolute Gasteiger partial charge is 0.480 e. The molecule has 2 rings (SSSR count). The van der Waals surface area contributed by atoms with Gasteiger partial charge >= 0.3 is 12.0 Å². The highest BCUT2D eigenvalue weighted by Crippen LogP contribution is 2.33. The highest BCUT2D eigenvalue weighted by Gasteiger charge is 2.27. The van der Waals surface area contributed by atoms with Gasteiger partial charge in [0.15, 0.2) is 5.82 Å². The van der Waals surface area contributed by atoms with Gasteiger partial charge in [0, 0.05) is 6.54 Å². The monoisotopic (exact) mass is 271 g/mol. The quantitative estimate of drug-likeness (QED) is 0.844. The summed E-state index contributed by atoms with van der Waals surface area (Å²) in [4.78, 5) is 20.5.